The third-order valence-corrected chi connectivity index (χ3v) is 5.35. The number of likely N-dealkylation sites (tertiary alicyclic amines) is 1. The molecule has 0 aromatic carbocycles. The number of alkyl halides is 2. The molecule has 0 bridgehead atoms. The first kappa shape index (κ1) is 16.8. The normalized spacial score (nSPS) is 27.6. The minimum atomic E-state index is -2.66. The number of rotatable bonds is 4. The summed E-state index contributed by atoms with van der Waals surface area (Å²) in [4.78, 5) is 18.1. The minimum Gasteiger partial charge on any atom is -0.372 e. The van der Waals surface area contributed by atoms with Gasteiger partial charge in [-0.2, -0.15) is 0 Å². The molecule has 1 spiro atoms. The van der Waals surface area contributed by atoms with Gasteiger partial charge in [-0.3, -0.25) is 9.78 Å². The topological polar surface area (TPSA) is 51.7 Å². The summed E-state index contributed by atoms with van der Waals surface area (Å²) in [5.74, 6) is -3.34. The van der Waals surface area contributed by atoms with E-state index in [9.17, 15) is 13.6 Å². The Bertz CT molecular complexity index is 626. The van der Waals surface area contributed by atoms with Crippen molar-refractivity contribution in [1.29, 1.82) is 0 Å². The molecular weight excluding hydrogens is 330 g/mol. The Kier molecular flexibility index (Phi) is 4.24. The summed E-state index contributed by atoms with van der Waals surface area (Å²) in [6.45, 7) is 2.02. The van der Waals surface area contributed by atoms with E-state index < -0.39 is 11.8 Å². The molecule has 1 amide bonds. The number of nitrogens with zero attached hydrogens (tertiary/aromatic N) is 2. The van der Waals surface area contributed by atoms with Crippen molar-refractivity contribution in [1.82, 2.24) is 9.88 Å². The van der Waals surface area contributed by atoms with E-state index in [1.54, 1.807) is 11.1 Å². The lowest BCUT2D eigenvalue weighted by atomic mass is 9.77. The molecule has 0 unspecified atom stereocenters. The maximum atomic E-state index is 12.9. The zero-order valence-corrected chi connectivity index (χ0v) is 14.0. The van der Waals surface area contributed by atoms with Crippen molar-refractivity contribution >= 4 is 5.91 Å². The molecule has 7 heteroatoms. The van der Waals surface area contributed by atoms with Crippen LogP contribution in [0, 0.1) is 5.92 Å². The average Bonchev–Trinajstić information content (AvgIpc) is 2.56. The smallest absolute Gasteiger partial charge is 0.249 e. The van der Waals surface area contributed by atoms with E-state index in [1.807, 2.05) is 18.2 Å². The average molecular weight is 352 g/mol. The van der Waals surface area contributed by atoms with E-state index in [2.05, 4.69) is 4.98 Å². The Morgan fingerprint density at radius 1 is 1.32 bits per heavy atom. The number of hydrogen-bond donors (Lipinski definition) is 0. The van der Waals surface area contributed by atoms with Crippen LogP contribution in [0.2, 0.25) is 0 Å². The molecule has 136 valence electrons. The highest BCUT2D eigenvalue weighted by atomic mass is 19.3. The summed E-state index contributed by atoms with van der Waals surface area (Å²) in [5, 5.41) is 0. The third-order valence-electron chi connectivity index (χ3n) is 5.35. The van der Waals surface area contributed by atoms with Gasteiger partial charge in [0.2, 0.25) is 11.8 Å². The first-order valence-corrected chi connectivity index (χ1v) is 8.77. The number of aromatic nitrogens is 1. The van der Waals surface area contributed by atoms with Crippen molar-refractivity contribution in [2.24, 2.45) is 5.92 Å². The molecule has 3 heterocycles. The lowest BCUT2D eigenvalue weighted by Gasteiger charge is -2.54. The molecule has 1 aliphatic carbocycles. The van der Waals surface area contributed by atoms with Gasteiger partial charge in [-0.05, 0) is 18.6 Å². The van der Waals surface area contributed by atoms with Gasteiger partial charge < -0.3 is 14.4 Å². The van der Waals surface area contributed by atoms with Gasteiger partial charge in [0, 0.05) is 38.0 Å². The summed E-state index contributed by atoms with van der Waals surface area (Å²) >= 11 is 0. The van der Waals surface area contributed by atoms with E-state index in [1.165, 1.54) is 0 Å². The molecule has 3 aliphatic rings. The summed E-state index contributed by atoms with van der Waals surface area (Å²) in [6, 6.07) is 5.72. The second-order valence-electron chi connectivity index (χ2n) is 7.43. The monoisotopic (exact) mass is 352 g/mol. The molecule has 2 saturated heterocycles. The maximum Gasteiger partial charge on any atom is 0.249 e. The summed E-state index contributed by atoms with van der Waals surface area (Å²) < 4.78 is 37.7. The molecule has 4 rings (SSSR count). The van der Waals surface area contributed by atoms with Crippen LogP contribution in [0.15, 0.2) is 24.4 Å². The molecule has 0 radical (unpaired) electrons. The lowest BCUT2D eigenvalue weighted by molar-refractivity contribution is -0.211. The van der Waals surface area contributed by atoms with Crippen LogP contribution in [-0.4, -0.2) is 53.1 Å². The number of hydrogen-bond acceptors (Lipinski definition) is 4. The van der Waals surface area contributed by atoms with Crippen molar-refractivity contribution in [3.05, 3.63) is 30.1 Å². The van der Waals surface area contributed by atoms with E-state index in [4.69, 9.17) is 9.47 Å². The van der Waals surface area contributed by atoms with Crippen LogP contribution in [0.25, 0.3) is 0 Å². The van der Waals surface area contributed by atoms with Crippen LogP contribution >= 0.6 is 0 Å². The number of ether oxygens (including phenoxy) is 2. The van der Waals surface area contributed by atoms with Crippen LogP contribution in [0.3, 0.4) is 0 Å². The third kappa shape index (κ3) is 3.53. The van der Waals surface area contributed by atoms with Gasteiger partial charge in [0.25, 0.3) is 0 Å². The molecule has 1 aromatic heterocycles. The van der Waals surface area contributed by atoms with Gasteiger partial charge in [0.1, 0.15) is 5.60 Å². The SMILES string of the molecule is O=C(C1CC(F)(F)C1)N1CC2(C[C@H](OCc3ccccn3)CCO2)C1. The van der Waals surface area contributed by atoms with Gasteiger partial charge in [-0.15, -0.1) is 0 Å². The zero-order valence-electron chi connectivity index (χ0n) is 14.0. The summed E-state index contributed by atoms with van der Waals surface area (Å²) in [7, 11) is 0. The molecule has 0 N–H and O–H groups in total. The molecule has 3 fully saturated rings. The van der Waals surface area contributed by atoms with Gasteiger partial charge in [-0.25, -0.2) is 8.78 Å². The van der Waals surface area contributed by atoms with Crippen molar-refractivity contribution in [3.63, 3.8) is 0 Å². The lowest BCUT2D eigenvalue weighted by Crippen LogP contribution is -2.68. The van der Waals surface area contributed by atoms with Crippen molar-refractivity contribution in [2.75, 3.05) is 19.7 Å². The number of carbonyl (C=O) groups is 1. The van der Waals surface area contributed by atoms with E-state index in [0.717, 1.165) is 18.5 Å². The molecule has 1 aromatic rings. The Hall–Kier alpha value is -1.60. The van der Waals surface area contributed by atoms with Crippen LogP contribution in [0.1, 0.15) is 31.4 Å². The van der Waals surface area contributed by atoms with E-state index in [-0.39, 0.29) is 30.5 Å². The molecular formula is C18H22F2N2O3. The van der Waals surface area contributed by atoms with Crippen molar-refractivity contribution in [2.45, 2.75) is 49.9 Å². The van der Waals surface area contributed by atoms with Gasteiger partial charge in [0.05, 0.1) is 31.5 Å². The minimum absolute atomic E-state index is 0.0704. The summed E-state index contributed by atoms with van der Waals surface area (Å²) in [5.41, 5.74) is 0.522. The maximum absolute atomic E-state index is 12.9. The highest BCUT2D eigenvalue weighted by Gasteiger charge is 2.55. The highest BCUT2D eigenvalue weighted by Crippen LogP contribution is 2.45. The van der Waals surface area contributed by atoms with E-state index >= 15 is 0 Å². The van der Waals surface area contributed by atoms with Gasteiger partial charge in [0.15, 0.2) is 0 Å². The first-order chi connectivity index (χ1) is 11.9. The predicted octanol–water partition coefficient (Wildman–Crippen LogP) is 2.40. The standard InChI is InChI=1S/C18H22F2N2O3/c19-18(20)7-13(8-18)16(23)22-11-17(12-22)9-15(4-6-25-17)24-10-14-3-1-2-5-21-14/h1-3,5,13,15H,4,6-12H2/t15-/m1/s1. The van der Waals surface area contributed by atoms with Crippen molar-refractivity contribution < 1.29 is 23.0 Å². The number of amides is 1. The second-order valence-corrected chi connectivity index (χ2v) is 7.43. The van der Waals surface area contributed by atoms with Crippen LogP contribution in [-0.2, 0) is 20.9 Å². The highest BCUT2D eigenvalue weighted by molar-refractivity contribution is 5.81. The largest absolute Gasteiger partial charge is 0.372 e. The quantitative estimate of drug-likeness (QED) is 0.835. The van der Waals surface area contributed by atoms with Crippen LogP contribution in [0.4, 0.5) is 8.78 Å². The second kappa shape index (κ2) is 6.29. The zero-order chi connectivity index (χ0) is 17.5. The van der Waals surface area contributed by atoms with Gasteiger partial charge in [-0.1, -0.05) is 6.07 Å². The van der Waals surface area contributed by atoms with Gasteiger partial charge >= 0.3 is 0 Å². The Morgan fingerprint density at radius 2 is 2.12 bits per heavy atom. The molecule has 2 aliphatic heterocycles. The Labute approximate surface area is 145 Å². The molecule has 1 saturated carbocycles. The molecule has 5 nitrogen and oxygen atoms in total. The van der Waals surface area contributed by atoms with Crippen molar-refractivity contribution in [3.8, 4) is 0 Å². The van der Waals surface area contributed by atoms with Crippen LogP contribution < -0.4 is 0 Å². The van der Waals surface area contributed by atoms with E-state index in [0.29, 0.717) is 26.3 Å². The number of pyridine rings is 1. The first-order valence-electron chi connectivity index (χ1n) is 8.77. The fourth-order valence-electron chi connectivity index (χ4n) is 3.93. The number of halogens is 2. The predicted molar refractivity (Wildman–Crippen MR) is 85.0 cm³/mol. The molecule has 1 atom stereocenters. The fraction of sp³-hybridized carbons (Fsp3) is 0.667. The fourth-order valence-corrected chi connectivity index (χ4v) is 3.93. The van der Waals surface area contributed by atoms with Crippen LogP contribution in [0.5, 0.6) is 0 Å². The summed E-state index contributed by atoms with van der Waals surface area (Å²) in [6.07, 6.45) is 2.73. The molecule has 25 heavy (non-hydrogen) atoms. The Balaban J connectivity index is 1.26. The number of carbonyl (C=O) groups excluding carboxylic acids is 1. The Morgan fingerprint density at radius 3 is 2.80 bits per heavy atom.